The monoisotopic (exact) mass is 660 g/mol. The summed E-state index contributed by atoms with van der Waals surface area (Å²) < 4.78 is 60.2. The number of ether oxygens (including phenoxy) is 11. The maximum absolute atomic E-state index is 12.3. The smallest absolute Gasteiger partial charge is 0.303 e. The number of carbonyl (C=O) groups excluding carboxylic acids is 7. The molecule has 256 valence electrons. The molecule has 4 unspecified atom stereocenters. The lowest BCUT2D eigenvalue weighted by molar-refractivity contribution is -0.356. The van der Waals surface area contributed by atoms with E-state index in [-0.39, 0.29) is 0 Å². The lowest BCUT2D eigenvalue weighted by Gasteiger charge is -2.48. The molecule has 0 amide bonds. The van der Waals surface area contributed by atoms with Crippen molar-refractivity contribution in [3.63, 3.8) is 0 Å². The van der Waals surface area contributed by atoms with Crippen LogP contribution in [0.5, 0.6) is 0 Å². The van der Waals surface area contributed by atoms with E-state index in [9.17, 15) is 33.6 Å². The molecule has 18 heteroatoms. The molecule has 2 fully saturated rings. The van der Waals surface area contributed by atoms with Crippen molar-refractivity contribution in [1.29, 1.82) is 0 Å². The Balaban J connectivity index is 2.71. The Kier molecular flexibility index (Phi) is 14.2. The standard InChI is InChI=1S/C28H36O18/c1-9-36-27-25(42-17(7)34)24(41-16(6)33)22(20(44-27)11-38-13(3)30)46-28-26(43-18(8)35)23(40-15(5)32)21(39-14(4)31)19(45-28)10-37-12(2)29/h1,19-28H,10-11H2,2-8H3/t19?,20?,21-,22+,23?,24?,25-,26-,27+,28-/m0/s1. The van der Waals surface area contributed by atoms with Gasteiger partial charge in [0.15, 0.2) is 30.7 Å². The molecule has 0 aromatic rings. The number of hydrogen-bond acceptors (Lipinski definition) is 18. The summed E-state index contributed by atoms with van der Waals surface area (Å²) in [6.07, 6.45) is -8.61. The number of carbonyl (C=O) groups is 7. The topological polar surface area (TPSA) is 221 Å². The minimum absolute atomic E-state index is 0.569. The van der Waals surface area contributed by atoms with E-state index in [1.807, 2.05) is 6.11 Å². The Hall–Kier alpha value is -4.47. The quantitative estimate of drug-likeness (QED) is 0.142. The summed E-state index contributed by atoms with van der Waals surface area (Å²) in [5.41, 5.74) is 0. The third kappa shape index (κ3) is 11.2. The second kappa shape index (κ2) is 17.3. The summed E-state index contributed by atoms with van der Waals surface area (Å²) in [5, 5.41) is 0. The van der Waals surface area contributed by atoms with E-state index in [4.69, 9.17) is 58.5 Å². The van der Waals surface area contributed by atoms with E-state index in [1.165, 1.54) is 0 Å². The van der Waals surface area contributed by atoms with Gasteiger partial charge in [0.1, 0.15) is 37.6 Å². The molecule has 2 aliphatic rings. The van der Waals surface area contributed by atoms with Crippen molar-refractivity contribution in [3.8, 4) is 12.5 Å². The Morgan fingerprint density at radius 2 is 0.848 bits per heavy atom. The third-order valence-corrected chi connectivity index (χ3v) is 6.07. The maximum atomic E-state index is 12.3. The van der Waals surface area contributed by atoms with Gasteiger partial charge in [0, 0.05) is 48.5 Å². The average molecular weight is 661 g/mol. The van der Waals surface area contributed by atoms with E-state index < -0.39 is 116 Å². The van der Waals surface area contributed by atoms with Gasteiger partial charge in [-0.2, -0.15) is 0 Å². The van der Waals surface area contributed by atoms with Gasteiger partial charge in [-0.1, -0.05) is 6.42 Å². The van der Waals surface area contributed by atoms with Crippen molar-refractivity contribution in [2.24, 2.45) is 0 Å². The number of rotatable bonds is 12. The van der Waals surface area contributed by atoms with Crippen LogP contribution in [0, 0.1) is 12.5 Å². The maximum Gasteiger partial charge on any atom is 0.303 e. The molecule has 2 saturated heterocycles. The van der Waals surface area contributed by atoms with Crippen LogP contribution in [0.15, 0.2) is 0 Å². The van der Waals surface area contributed by atoms with Crippen LogP contribution >= 0.6 is 0 Å². The molecule has 0 radical (unpaired) electrons. The van der Waals surface area contributed by atoms with Crippen LogP contribution in [0.25, 0.3) is 0 Å². The zero-order chi connectivity index (χ0) is 34.7. The fourth-order valence-electron chi connectivity index (χ4n) is 4.63. The molecule has 2 heterocycles. The van der Waals surface area contributed by atoms with Gasteiger partial charge in [-0.15, -0.1) is 0 Å². The molecular formula is C28H36O18. The molecule has 0 spiro atoms. The molecule has 10 atom stereocenters. The van der Waals surface area contributed by atoms with E-state index >= 15 is 0 Å². The van der Waals surface area contributed by atoms with E-state index in [1.54, 1.807) is 0 Å². The molecule has 0 aromatic carbocycles. The Labute approximate surface area is 263 Å². The Morgan fingerprint density at radius 1 is 0.500 bits per heavy atom. The van der Waals surface area contributed by atoms with Gasteiger partial charge >= 0.3 is 41.8 Å². The normalized spacial score (nSPS) is 30.3. The highest BCUT2D eigenvalue weighted by Crippen LogP contribution is 2.35. The van der Waals surface area contributed by atoms with Crippen molar-refractivity contribution < 1.29 is 85.7 Å². The van der Waals surface area contributed by atoms with E-state index in [2.05, 4.69) is 0 Å². The predicted molar refractivity (Wildman–Crippen MR) is 143 cm³/mol. The Morgan fingerprint density at radius 3 is 1.26 bits per heavy atom. The van der Waals surface area contributed by atoms with Crippen molar-refractivity contribution in [3.05, 3.63) is 0 Å². The highest BCUT2D eigenvalue weighted by Gasteiger charge is 2.57. The van der Waals surface area contributed by atoms with E-state index in [0.717, 1.165) is 48.5 Å². The third-order valence-electron chi connectivity index (χ3n) is 6.07. The van der Waals surface area contributed by atoms with Crippen LogP contribution < -0.4 is 0 Å². The van der Waals surface area contributed by atoms with Gasteiger partial charge in [0.2, 0.25) is 6.10 Å². The first-order chi connectivity index (χ1) is 21.5. The number of terminal acetylenes is 1. The molecule has 0 bridgehead atoms. The summed E-state index contributed by atoms with van der Waals surface area (Å²) >= 11 is 0. The molecule has 2 rings (SSSR count). The number of esters is 7. The molecule has 0 aliphatic carbocycles. The van der Waals surface area contributed by atoms with Gasteiger partial charge < -0.3 is 52.1 Å². The van der Waals surface area contributed by atoms with E-state index in [0.29, 0.717) is 0 Å². The second-order valence-electron chi connectivity index (χ2n) is 9.90. The summed E-state index contributed by atoms with van der Waals surface area (Å²) in [6.45, 7) is 6.20. The molecule has 0 N–H and O–H groups in total. The van der Waals surface area contributed by atoms with Crippen molar-refractivity contribution in [1.82, 2.24) is 0 Å². The van der Waals surface area contributed by atoms with Gasteiger partial charge in [0.25, 0.3) is 6.29 Å². The second-order valence-corrected chi connectivity index (χ2v) is 9.90. The average Bonchev–Trinajstić information content (AvgIpc) is 2.91. The van der Waals surface area contributed by atoms with Gasteiger partial charge in [-0.25, -0.2) is 0 Å². The highest BCUT2D eigenvalue weighted by molar-refractivity contribution is 5.69. The first-order valence-electron chi connectivity index (χ1n) is 13.7. The van der Waals surface area contributed by atoms with Crippen LogP contribution in [0.1, 0.15) is 48.5 Å². The molecule has 2 aliphatic heterocycles. The van der Waals surface area contributed by atoms with Gasteiger partial charge in [-0.3, -0.25) is 33.6 Å². The minimum Gasteiger partial charge on any atom is -0.463 e. The zero-order valence-corrected chi connectivity index (χ0v) is 26.1. The van der Waals surface area contributed by atoms with Crippen molar-refractivity contribution >= 4 is 41.8 Å². The van der Waals surface area contributed by atoms with Crippen LogP contribution in [-0.4, -0.2) is 116 Å². The molecule has 46 heavy (non-hydrogen) atoms. The van der Waals surface area contributed by atoms with Gasteiger partial charge in [-0.05, 0) is 0 Å². The van der Waals surface area contributed by atoms with Crippen LogP contribution in [0.3, 0.4) is 0 Å². The van der Waals surface area contributed by atoms with Crippen molar-refractivity contribution in [2.45, 2.75) is 110 Å². The molecular weight excluding hydrogens is 624 g/mol. The molecule has 0 saturated carbocycles. The lowest BCUT2D eigenvalue weighted by Crippen LogP contribution is -2.67. The van der Waals surface area contributed by atoms with Crippen LogP contribution in [-0.2, 0) is 85.7 Å². The summed E-state index contributed by atoms with van der Waals surface area (Å²) in [5.74, 6) is -5.97. The lowest BCUT2D eigenvalue weighted by atomic mass is 9.96. The zero-order valence-electron chi connectivity index (χ0n) is 26.1. The first-order valence-corrected chi connectivity index (χ1v) is 13.7. The van der Waals surface area contributed by atoms with Crippen molar-refractivity contribution in [2.75, 3.05) is 13.2 Å². The van der Waals surface area contributed by atoms with Crippen LogP contribution in [0.4, 0.5) is 0 Å². The fraction of sp³-hybridized carbons (Fsp3) is 0.679. The largest absolute Gasteiger partial charge is 0.463 e. The molecule has 18 nitrogen and oxygen atoms in total. The summed E-state index contributed by atoms with van der Waals surface area (Å²) in [7, 11) is 0. The minimum atomic E-state index is -1.80. The highest BCUT2D eigenvalue weighted by atomic mass is 16.8. The van der Waals surface area contributed by atoms with Gasteiger partial charge in [0.05, 0.1) is 0 Å². The Bertz CT molecular complexity index is 1190. The van der Waals surface area contributed by atoms with Crippen LogP contribution in [0.2, 0.25) is 0 Å². The summed E-state index contributed by atoms with van der Waals surface area (Å²) in [4.78, 5) is 84.2. The summed E-state index contributed by atoms with van der Waals surface area (Å²) in [6, 6.07) is 0. The fourth-order valence-corrected chi connectivity index (χ4v) is 4.63. The SMILES string of the molecule is C#CO[C@@H]1OC(COC(C)=O)[C@@H](O[C@@H]2OC(COC(C)=O)[C@H](OC(C)=O)C(OC(C)=O)[C@@H]2OC(C)=O)C(OC(C)=O)[C@@H]1OC(C)=O. The molecule has 0 aromatic heterocycles. The predicted octanol–water partition coefficient (Wildman–Crippen LogP) is -0.787. The first kappa shape index (κ1) is 37.7. The number of hydrogen-bond donors (Lipinski definition) is 0.